The molecule has 0 radical (unpaired) electrons. The maximum atomic E-state index is 13.5. The van der Waals surface area contributed by atoms with Crippen LogP contribution in [0.5, 0.6) is 0 Å². The number of hydrogen-bond donors (Lipinski definition) is 0. The SMILES string of the molecule is CCCCc1ccc(-n2c(C)cc(C=Nn3c(C4CCCCC4)nc4ccccc4c3=O)c2C)cc1. The van der Waals surface area contributed by atoms with E-state index in [1.54, 1.807) is 4.68 Å². The van der Waals surface area contributed by atoms with E-state index in [1.807, 2.05) is 30.5 Å². The van der Waals surface area contributed by atoms with Crippen molar-refractivity contribution in [3.8, 4) is 5.69 Å². The van der Waals surface area contributed by atoms with Gasteiger partial charge < -0.3 is 4.57 Å². The lowest BCUT2D eigenvalue weighted by Crippen LogP contribution is -2.25. The molecule has 0 amide bonds. The topological polar surface area (TPSA) is 52.2 Å². The molecule has 1 saturated carbocycles. The number of aryl methyl sites for hydroxylation is 2. The molecule has 1 fully saturated rings. The van der Waals surface area contributed by atoms with Crippen LogP contribution in [0.1, 0.15) is 86.1 Å². The van der Waals surface area contributed by atoms with Crippen molar-refractivity contribution in [2.75, 3.05) is 0 Å². The third-order valence-corrected chi connectivity index (χ3v) is 7.55. The van der Waals surface area contributed by atoms with Crippen molar-refractivity contribution < 1.29 is 0 Å². The number of para-hydroxylation sites is 1. The predicted molar refractivity (Wildman–Crippen MR) is 149 cm³/mol. The molecule has 0 aliphatic heterocycles. The second-order valence-corrected chi connectivity index (χ2v) is 10.1. The lowest BCUT2D eigenvalue weighted by molar-refractivity contribution is 0.416. The van der Waals surface area contributed by atoms with Crippen LogP contribution in [0.2, 0.25) is 0 Å². The van der Waals surface area contributed by atoms with Crippen LogP contribution >= 0.6 is 0 Å². The van der Waals surface area contributed by atoms with Crippen LogP contribution in [0.25, 0.3) is 16.6 Å². The van der Waals surface area contributed by atoms with Gasteiger partial charge in [0.05, 0.1) is 17.1 Å². The molecule has 0 unspecified atom stereocenters. The van der Waals surface area contributed by atoms with Crippen molar-refractivity contribution in [2.45, 2.75) is 78.1 Å². The van der Waals surface area contributed by atoms with Crippen LogP contribution < -0.4 is 5.56 Å². The van der Waals surface area contributed by atoms with Gasteiger partial charge in [-0.2, -0.15) is 9.78 Å². The van der Waals surface area contributed by atoms with Gasteiger partial charge in [0.2, 0.25) is 0 Å². The number of hydrogen-bond acceptors (Lipinski definition) is 3. The van der Waals surface area contributed by atoms with Gasteiger partial charge in [-0.25, -0.2) is 4.98 Å². The second-order valence-electron chi connectivity index (χ2n) is 10.1. The average molecular weight is 481 g/mol. The fourth-order valence-electron chi connectivity index (χ4n) is 5.51. The first-order chi connectivity index (χ1) is 17.6. The molecule has 2 aromatic heterocycles. The molecule has 186 valence electrons. The van der Waals surface area contributed by atoms with Crippen molar-refractivity contribution in [3.05, 3.63) is 93.3 Å². The monoisotopic (exact) mass is 480 g/mol. The molecule has 0 N–H and O–H groups in total. The minimum atomic E-state index is -0.0890. The number of fused-ring (bicyclic) bond motifs is 1. The van der Waals surface area contributed by atoms with E-state index in [0.717, 1.165) is 53.2 Å². The number of rotatable bonds is 7. The zero-order chi connectivity index (χ0) is 25.1. The molecule has 4 aromatic rings. The summed E-state index contributed by atoms with van der Waals surface area (Å²) in [5.41, 5.74) is 6.46. The molecule has 0 spiro atoms. The molecule has 2 aromatic carbocycles. The highest BCUT2D eigenvalue weighted by molar-refractivity contribution is 5.82. The fourth-order valence-corrected chi connectivity index (χ4v) is 5.51. The minimum Gasteiger partial charge on any atom is -0.318 e. The third kappa shape index (κ3) is 4.79. The number of unbranched alkanes of at least 4 members (excludes halogenated alkanes) is 1. The Balaban J connectivity index is 1.52. The van der Waals surface area contributed by atoms with E-state index in [2.05, 4.69) is 55.7 Å². The van der Waals surface area contributed by atoms with Gasteiger partial charge in [-0.1, -0.05) is 56.9 Å². The predicted octanol–water partition coefficient (Wildman–Crippen LogP) is 7.08. The molecule has 5 rings (SSSR count). The molecule has 0 bridgehead atoms. The molecule has 1 aliphatic carbocycles. The highest BCUT2D eigenvalue weighted by Crippen LogP contribution is 2.32. The highest BCUT2D eigenvalue weighted by Gasteiger charge is 2.22. The fraction of sp³-hybridized carbons (Fsp3) is 0.387. The van der Waals surface area contributed by atoms with E-state index in [9.17, 15) is 4.79 Å². The molecule has 0 saturated heterocycles. The summed E-state index contributed by atoms with van der Waals surface area (Å²) in [5, 5.41) is 5.38. The van der Waals surface area contributed by atoms with E-state index in [-0.39, 0.29) is 11.5 Å². The van der Waals surface area contributed by atoms with Crippen molar-refractivity contribution in [2.24, 2.45) is 5.10 Å². The van der Waals surface area contributed by atoms with Gasteiger partial charge in [0.1, 0.15) is 5.82 Å². The Morgan fingerprint density at radius 2 is 1.78 bits per heavy atom. The average Bonchev–Trinajstić information content (AvgIpc) is 3.20. The molecule has 5 nitrogen and oxygen atoms in total. The number of nitrogens with zero attached hydrogens (tertiary/aromatic N) is 4. The van der Waals surface area contributed by atoms with E-state index in [4.69, 9.17) is 10.1 Å². The van der Waals surface area contributed by atoms with Crippen molar-refractivity contribution in [3.63, 3.8) is 0 Å². The normalized spacial score (nSPS) is 14.8. The maximum absolute atomic E-state index is 13.5. The molecular formula is C31H36N4O. The number of aromatic nitrogens is 3. The van der Waals surface area contributed by atoms with Gasteiger partial charge in [0.15, 0.2) is 0 Å². The Hall–Kier alpha value is -3.47. The largest absolute Gasteiger partial charge is 0.318 e. The molecule has 1 aliphatic rings. The van der Waals surface area contributed by atoms with Gasteiger partial charge in [0.25, 0.3) is 5.56 Å². The summed E-state index contributed by atoms with van der Waals surface area (Å²) in [7, 11) is 0. The summed E-state index contributed by atoms with van der Waals surface area (Å²) < 4.78 is 3.82. The molecular weight excluding hydrogens is 444 g/mol. The summed E-state index contributed by atoms with van der Waals surface area (Å²) >= 11 is 0. The summed E-state index contributed by atoms with van der Waals surface area (Å²) in [6, 6.07) is 18.6. The van der Waals surface area contributed by atoms with Crippen LogP contribution in [-0.4, -0.2) is 20.4 Å². The summed E-state index contributed by atoms with van der Waals surface area (Å²) in [4.78, 5) is 18.4. The van der Waals surface area contributed by atoms with Crippen LogP contribution in [0, 0.1) is 13.8 Å². The van der Waals surface area contributed by atoms with Crippen LogP contribution in [0.15, 0.2) is 64.5 Å². The standard InChI is InChI=1S/C31H36N4O/c1-4-5-11-24-16-18-27(19-17-24)34-22(2)20-26(23(34)3)21-32-35-30(25-12-7-6-8-13-25)33-29-15-10-9-14-28(29)31(35)36/h9-10,14-21,25H,4-8,11-13H2,1-3H3. The van der Waals surface area contributed by atoms with Crippen LogP contribution in [0.4, 0.5) is 0 Å². The lowest BCUT2D eigenvalue weighted by atomic mass is 9.88. The van der Waals surface area contributed by atoms with Gasteiger partial charge in [-0.05, 0) is 75.4 Å². The molecule has 36 heavy (non-hydrogen) atoms. The van der Waals surface area contributed by atoms with Crippen molar-refractivity contribution >= 4 is 17.1 Å². The van der Waals surface area contributed by atoms with E-state index >= 15 is 0 Å². The first-order valence-electron chi connectivity index (χ1n) is 13.4. The van der Waals surface area contributed by atoms with Gasteiger partial charge in [-0.15, -0.1) is 0 Å². The van der Waals surface area contributed by atoms with E-state index in [1.165, 1.54) is 37.7 Å². The zero-order valence-corrected chi connectivity index (χ0v) is 21.7. The van der Waals surface area contributed by atoms with E-state index < -0.39 is 0 Å². The van der Waals surface area contributed by atoms with Crippen LogP contribution in [-0.2, 0) is 6.42 Å². The van der Waals surface area contributed by atoms with Crippen molar-refractivity contribution in [1.82, 2.24) is 14.2 Å². The summed E-state index contributed by atoms with van der Waals surface area (Å²) in [6.45, 7) is 6.46. The van der Waals surface area contributed by atoms with Crippen LogP contribution in [0.3, 0.4) is 0 Å². The lowest BCUT2D eigenvalue weighted by Gasteiger charge is -2.22. The number of benzene rings is 2. The quantitative estimate of drug-likeness (QED) is 0.265. The third-order valence-electron chi connectivity index (χ3n) is 7.55. The first kappa shape index (κ1) is 24.2. The Morgan fingerprint density at radius 3 is 2.53 bits per heavy atom. The molecule has 2 heterocycles. The Labute approximate surface area is 213 Å². The summed E-state index contributed by atoms with van der Waals surface area (Å²) in [5.74, 6) is 1.07. The Bertz CT molecular complexity index is 1440. The Morgan fingerprint density at radius 1 is 1.03 bits per heavy atom. The van der Waals surface area contributed by atoms with Crippen molar-refractivity contribution in [1.29, 1.82) is 0 Å². The first-order valence-corrected chi connectivity index (χ1v) is 13.4. The second kappa shape index (κ2) is 10.7. The molecule has 0 atom stereocenters. The van der Waals surface area contributed by atoms with Gasteiger partial charge in [-0.3, -0.25) is 4.79 Å². The van der Waals surface area contributed by atoms with E-state index in [0.29, 0.717) is 5.39 Å². The highest BCUT2D eigenvalue weighted by atomic mass is 16.1. The zero-order valence-electron chi connectivity index (χ0n) is 21.7. The Kier molecular flexibility index (Phi) is 7.17. The van der Waals surface area contributed by atoms with Gasteiger partial charge in [0, 0.05) is 28.6 Å². The van der Waals surface area contributed by atoms with Gasteiger partial charge >= 0.3 is 0 Å². The maximum Gasteiger partial charge on any atom is 0.282 e. The molecule has 5 heteroatoms. The summed E-state index contributed by atoms with van der Waals surface area (Å²) in [6.07, 6.45) is 11.1. The minimum absolute atomic E-state index is 0.0890. The smallest absolute Gasteiger partial charge is 0.282 e.